The van der Waals surface area contributed by atoms with Crippen LogP contribution in [-0.2, 0) is 15.4 Å². The number of para-hydroxylation sites is 1. The van der Waals surface area contributed by atoms with E-state index in [0.29, 0.717) is 5.69 Å². The van der Waals surface area contributed by atoms with E-state index in [0.717, 1.165) is 16.7 Å². The predicted molar refractivity (Wildman–Crippen MR) is 91.9 cm³/mol. The van der Waals surface area contributed by atoms with E-state index in [4.69, 9.17) is 0 Å². The Hall–Kier alpha value is -1.81. The Balaban J connectivity index is 2.48. The molecule has 3 nitrogen and oxygen atoms in total. The monoisotopic (exact) mass is 317 g/mol. The summed E-state index contributed by atoms with van der Waals surface area (Å²) in [5.74, 6) is 0. The van der Waals surface area contributed by atoms with Gasteiger partial charge in [0.15, 0.2) is 0 Å². The fourth-order valence-corrected chi connectivity index (χ4v) is 3.49. The van der Waals surface area contributed by atoms with Gasteiger partial charge < -0.3 is 0 Å². The molecule has 1 N–H and O–H groups in total. The highest BCUT2D eigenvalue weighted by Crippen LogP contribution is 2.33. The van der Waals surface area contributed by atoms with Crippen LogP contribution in [0.2, 0.25) is 0 Å². The number of aryl methyl sites for hydroxylation is 2. The molecule has 118 valence electrons. The van der Waals surface area contributed by atoms with Crippen LogP contribution in [0, 0.1) is 13.8 Å². The molecular formula is C18H23NO2S. The largest absolute Gasteiger partial charge is 0.279 e. The zero-order chi connectivity index (χ0) is 16.5. The molecule has 0 amide bonds. The summed E-state index contributed by atoms with van der Waals surface area (Å²) in [5.41, 5.74) is 3.48. The molecule has 0 saturated heterocycles. The third kappa shape index (κ3) is 3.50. The minimum absolute atomic E-state index is 0.142. The van der Waals surface area contributed by atoms with Gasteiger partial charge in [-0.15, -0.1) is 0 Å². The molecule has 0 unspecified atom stereocenters. The maximum Gasteiger partial charge on any atom is 0.261 e. The third-order valence-corrected chi connectivity index (χ3v) is 5.01. The summed E-state index contributed by atoms with van der Waals surface area (Å²) in [4.78, 5) is 0.279. The molecule has 0 atom stereocenters. The van der Waals surface area contributed by atoms with Crippen LogP contribution in [0.3, 0.4) is 0 Å². The highest BCUT2D eigenvalue weighted by molar-refractivity contribution is 7.92. The topological polar surface area (TPSA) is 46.2 Å². The molecule has 0 aliphatic carbocycles. The first-order valence-electron chi connectivity index (χ1n) is 7.31. The van der Waals surface area contributed by atoms with Gasteiger partial charge in [-0.2, -0.15) is 0 Å². The average molecular weight is 317 g/mol. The second kappa shape index (κ2) is 5.76. The quantitative estimate of drug-likeness (QED) is 0.912. The summed E-state index contributed by atoms with van der Waals surface area (Å²) in [5, 5.41) is 0. The lowest BCUT2D eigenvalue weighted by Gasteiger charge is -2.24. The highest BCUT2D eigenvalue weighted by Gasteiger charge is 2.23. The van der Waals surface area contributed by atoms with E-state index in [9.17, 15) is 8.42 Å². The summed E-state index contributed by atoms with van der Waals surface area (Å²) in [7, 11) is -3.59. The van der Waals surface area contributed by atoms with Crippen LogP contribution in [0.5, 0.6) is 0 Å². The number of nitrogens with one attached hydrogen (secondary N) is 1. The summed E-state index contributed by atoms with van der Waals surface area (Å²) >= 11 is 0. The van der Waals surface area contributed by atoms with Crippen LogP contribution in [0.4, 0.5) is 5.69 Å². The van der Waals surface area contributed by atoms with Crippen molar-refractivity contribution in [3.05, 3.63) is 59.2 Å². The van der Waals surface area contributed by atoms with E-state index >= 15 is 0 Å². The number of hydrogen-bond donors (Lipinski definition) is 1. The normalized spacial score (nSPS) is 12.2. The van der Waals surface area contributed by atoms with Gasteiger partial charge in [-0.3, -0.25) is 4.72 Å². The van der Waals surface area contributed by atoms with Gasteiger partial charge in [0, 0.05) is 0 Å². The van der Waals surface area contributed by atoms with Crippen molar-refractivity contribution in [1.29, 1.82) is 0 Å². The number of rotatable bonds is 3. The lowest BCUT2D eigenvalue weighted by molar-refractivity contribution is 0.589. The molecule has 0 heterocycles. The SMILES string of the molecule is Cc1ccc(S(=O)(=O)Nc2c(C)cccc2C(C)(C)C)cc1. The van der Waals surface area contributed by atoms with E-state index < -0.39 is 10.0 Å². The third-order valence-electron chi connectivity index (χ3n) is 3.65. The van der Waals surface area contributed by atoms with Crippen LogP contribution in [-0.4, -0.2) is 8.42 Å². The average Bonchev–Trinajstić information content (AvgIpc) is 2.40. The van der Waals surface area contributed by atoms with Crippen LogP contribution in [0.15, 0.2) is 47.4 Å². The second-order valence-corrected chi connectivity index (χ2v) is 8.35. The summed E-state index contributed by atoms with van der Waals surface area (Å²) in [6.45, 7) is 10.1. The van der Waals surface area contributed by atoms with Gasteiger partial charge in [0.25, 0.3) is 10.0 Å². The molecule has 4 heteroatoms. The lowest BCUT2D eigenvalue weighted by atomic mass is 9.85. The van der Waals surface area contributed by atoms with Crippen molar-refractivity contribution < 1.29 is 8.42 Å². The van der Waals surface area contributed by atoms with Crippen LogP contribution in [0.25, 0.3) is 0 Å². The Labute approximate surface area is 133 Å². The Morgan fingerprint density at radius 3 is 2.05 bits per heavy atom. The number of anilines is 1. The summed E-state index contributed by atoms with van der Waals surface area (Å²) < 4.78 is 28.0. The summed E-state index contributed by atoms with van der Waals surface area (Å²) in [6.07, 6.45) is 0. The molecule has 0 radical (unpaired) electrons. The van der Waals surface area contributed by atoms with Gasteiger partial charge >= 0.3 is 0 Å². The summed E-state index contributed by atoms with van der Waals surface area (Å²) in [6, 6.07) is 12.7. The lowest BCUT2D eigenvalue weighted by Crippen LogP contribution is -2.20. The maximum absolute atomic E-state index is 12.6. The number of sulfonamides is 1. The molecule has 0 aliphatic heterocycles. The minimum atomic E-state index is -3.59. The number of hydrogen-bond acceptors (Lipinski definition) is 2. The molecule has 2 aromatic carbocycles. The second-order valence-electron chi connectivity index (χ2n) is 6.67. The first kappa shape index (κ1) is 16.6. The van der Waals surface area contributed by atoms with Gasteiger partial charge in [0.05, 0.1) is 10.6 Å². The Morgan fingerprint density at radius 2 is 1.50 bits per heavy atom. The molecule has 0 bridgehead atoms. The van der Waals surface area contributed by atoms with Gasteiger partial charge in [0.2, 0.25) is 0 Å². The molecule has 2 aromatic rings. The van der Waals surface area contributed by atoms with Crippen molar-refractivity contribution in [2.45, 2.75) is 44.9 Å². The van der Waals surface area contributed by atoms with Crippen LogP contribution < -0.4 is 4.72 Å². The molecule has 0 saturated carbocycles. The minimum Gasteiger partial charge on any atom is -0.279 e. The Kier molecular flexibility index (Phi) is 4.34. The zero-order valence-electron chi connectivity index (χ0n) is 13.8. The number of benzene rings is 2. The van der Waals surface area contributed by atoms with Crippen molar-refractivity contribution in [3.8, 4) is 0 Å². The van der Waals surface area contributed by atoms with Crippen molar-refractivity contribution in [2.24, 2.45) is 0 Å². The Bertz CT molecular complexity index is 770. The van der Waals surface area contributed by atoms with Crippen molar-refractivity contribution in [3.63, 3.8) is 0 Å². The predicted octanol–water partition coefficient (Wildman–Crippen LogP) is 4.40. The van der Waals surface area contributed by atoms with E-state index in [1.54, 1.807) is 24.3 Å². The first-order chi connectivity index (χ1) is 10.1. The maximum atomic E-state index is 12.6. The molecule has 0 aromatic heterocycles. The Morgan fingerprint density at radius 1 is 0.909 bits per heavy atom. The molecular weight excluding hydrogens is 294 g/mol. The fraction of sp³-hybridized carbons (Fsp3) is 0.333. The van der Waals surface area contributed by atoms with Crippen LogP contribution in [0.1, 0.15) is 37.5 Å². The van der Waals surface area contributed by atoms with Gasteiger partial charge in [-0.05, 0) is 42.5 Å². The van der Waals surface area contributed by atoms with Crippen LogP contribution >= 0.6 is 0 Å². The molecule has 2 rings (SSSR count). The molecule has 0 aliphatic rings. The van der Waals surface area contributed by atoms with E-state index in [-0.39, 0.29) is 10.3 Å². The van der Waals surface area contributed by atoms with E-state index in [2.05, 4.69) is 25.5 Å². The molecule has 0 spiro atoms. The van der Waals surface area contributed by atoms with Crippen molar-refractivity contribution in [2.75, 3.05) is 4.72 Å². The standard InChI is InChI=1S/C18H23NO2S/c1-13-9-11-15(12-10-13)22(20,21)19-17-14(2)7-6-8-16(17)18(3,4)5/h6-12,19H,1-5H3. The fourth-order valence-electron chi connectivity index (χ4n) is 2.34. The smallest absolute Gasteiger partial charge is 0.261 e. The zero-order valence-corrected chi connectivity index (χ0v) is 14.6. The highest BCUT2D eigenvalue weighted by atomic mass is 32.2. The van der Waals surface area contributed by atoms with Crippen molar-refractivity contribution >= 4 is 15.7 Å². The van der Waals surface area contributed by atoms with Gasteiger partial charge in [-0.1, -0.05) is 56.7 Å². The van der Waals surface area contributed by atoms with Crippen molar-refractivity contribution in [1.82, 2.24) is 0 Å². The van der Waals surface area contributed by atoms with Gasteiger partial charge in [-0.25, -0.2) is 8.42 Å². The van der Waals surface area contributed by atoms with E-state index in [1.807, 2.05) is 32.0 Å². The molecule has 22 heavy (non-hydrogen) atoms. The van der Waals surface area contributed by atoms with E-state index in [1.165, 1.54) is 0 Å². The first-order valence-corrected chi connectivity index (χ1v) is 8.79. The van der Waals surface area contributed by atoms with Gasteiger partial charge in [0.1, 0.15) is 0 Å². The molecule has 0 fully saturated rings.